The highest BCUT2D eigenvalue weighted by atomic mass is 16.5. The number of carbonyl (C=O) groups is 1. The molecule has 0 spiro atoms. The van der Waals surface area contributed by atoms with Crippen LogP contribution in [0.1, 0.15) is 21.6 Å². The second-order valence-corrected chi connectivity index (χ2v) is 4.09. The monoisotopic (exact) mass is 262 g/mol. The molecular formula is C13H14N2O4. The van der Waals surface area contributed by atoms with Crippen molar-refractivity contribution in [2.24, 2.45) is 0 Å². The molecule has 0 radical (unpaired) electrons. The van der Waals surface area contributed by atoms with Gasteiger partial charge in [0.15, 0.2) is 5.69 Å². The van der Waals surface area contributed by atoms with E-state index in [0.29, 0.717) is 11.4 Å². The van der Waals surface area contributed by atoms with Crippen LogP contribution >= 0.6 is 0 Å². The standard InChI is InChI=1S/C13H14N2O4/c1-8-3-4-11(19-2)10(5-8)15-6-9(7-16)12(14-15)13(17)18/h3-6,16H,7H2,1-2H3,(H,17,18). The van der Waals surface area contributed by atoms with Crippen molar-refractivity contribution < 1.29 is 19.7 Å². The van der Waals surface area contributed by atoms with E-state index >= 15 is 0 Å². The van der Waals surface area contributed by atoms with Gasteiger partial charge in [0.05, 0.1) is 13.7 Å². The number of aliphatic hydroxyl groups excluding tert-OH is 1. The van der Waals surface area contributed by atoms with Crippen molar-refractivity contribution in [3.63, 3.8) is 0 Å². The van der Waals surface area contributed by atoms with E-state index in [1.165, 1.54) is 18.0 Å². The first-order chi connectivity index (χ1) is 9.06. The Hall–Kier alpha value is -2.34. The van der Waals surface area contributed by atoms with E-state index < -0.39 is 5.97 Å². The van der Waals surface area contributed by atoms with Crippen molar-refractivity contribution in [3.8, 4) is 11.4 Å². The zero-order valence-corrected chi connectivity index (χ0v) is 10.6. The van der Waals surface area contributed by atoms with Gasteiger partial charge >= 0.3 is 5.97 Å². The minimum absolute atomic E-state index is 0.161. The number of nitrogens with zero attached hydrogens (tertiary/aromatic N) is 2. The van der Waals surface area contributed by atoms with Crippen molar-refractivity contribution >= 4 is 5.97 Å². The Morgan fingerprint density at radius 1 is 1.47 bits per heavy atom. The van der Waals surface area contributed by atoms with E-state index in [1.54, 1.807) is 6.07 Å². The van der Waals surface area contributed by atoms with Crippen LogP contribution in [0.4, 0.5) is 0 Å². The maximum atomic E-state index is 11.0. The lowest BCUT2D eigenvalue weighted by atomic mass is 10.2. The van der Waals surface area contributed by atoms with Crippen LogP contribution in [0, 0.1) is 6.92 Å². The third-order valence-electron chi connectivity index (χ3n) is 2.74. The van der Waals surface area contributed by atoms with Crippen molar-refractivity contribution in [1.29, 1.82) is 0 Å². The molecule has 2 N–H and O–H groups in total. The van der Waals surface area contributed by atoms with Crippen LogP contribution in [-0.2, 0) is 6.61 Å². The largest absolute Gasteiger partial charge is 0.494 e. The summed E-state index contributed by atoms with van der Waals surface area (Å²) in [5.74, 6) is -0.594. The molecule has 6 nitrogen and oxygen atoms in total. The predicted octanol–water partition coefficient (Wildman–Crippen LogP) is 1.38. The third-order valence-corrected chi connectivity index (χ3v) is 2.74. The Morgan fingerprint density at radius 3 is 2.74 bits per heavy atom. The number of ether oxygens (including phenoxy) is 1. The number of hydrogen-bond acceptors (Lipinski definition) is 4. The predicted molar refractivity (Wildman–Crippen MR) is 67.7 cm³/mol. The molecule has 1 heterocycles. The van der Waals surface area contributed by atoms with Crippen LogP contribution in [-0.4, -0.2) is 33.1 Å². The molecule has 100 valence electrons. The van der Waals surface area contributed by atoms with Crippen molar-refractivity contribution in [2.75, 3.05) is 7.11 Å². The van der Waals surface area contributed by atoms with E-state index in [9.17, 15) is 4.79 Å². The zero-order chi connectivity index (χ0) is 14.0. The first-order valence-electron chi connectivity index (χ1n) is 5.64. The molecule has 0 atom stereocenters. The number of methoxy groups -OCH3 is 1. The summed E-state index contributed by atoms with van der Waals surface area (Å²) in [6.07, 6.45) is 1.49. The first-order valence-corrected chi connectivity index (χ1v) is 5.64. The smallest absolute Gasteiger partial charge is 0.356 e. The number of aliphatic hydroxyl groups is 1. The highest BCUT2D eigenvalue weighted by Gasteiger charge is 2.17. The number of aryl methyl sites for hydroxylation is 1. The maximum Gasteiger partial charge on any atom is 0.356 e. The third kappa shape index (κ3) is 2.43. The van der Waals surface area contributed by atoms with Gasteiger partial charge in [-0.2, -0.15) is 5.10 Å². The molecule has 0 saturated heterocycles. The van der Waals surface area contributed by atoms with Crippen LogP contribution in [0.25, 0.3) is 5.69 Å². The van der Waals surface area contributed by atoms with Gasteiger partial charge in [0.25, 0.3) is 0 Å². The molecule has 0 saturated carbocycles. The Labute approximate surface area is 109 Å². The lowest BCUT2D eigenvalue weighted by Crippen LogP contribution is -2.03. The van der Waals surface area contributed by atoms with Gasteiger partial charge in [-0.15, -0.1) is 0 Å². The molecule has 0 fully saturated rings. The fourth-order valence-electron chi connectivity index (χ4n) is 1.81. The Kier molecular flexibility index (Phi) is 3.52. The summed E-state index contributed by atoms with van der Waals surface area (Å²) in [7, 11) is 1.53. The van der Waals surface area contributed by atoms with E-state index in [1.807, 2.05) is 19.1 Å². The highest BCUT2D eigenvalue weighted by molar-refractivity contribution is 5.87. The fraction of sp³-hybridized carbons (Fsp3) is 0.231. The van der Waals surface area contributed by atoms with Gasteiger partial charge in [-0.3, -0.25) is 0 Å². The molecule has 2 rings (SSSR count). The van der Waals surface area contributed by atoms with Gasteiger partial charge < -0.3 is 14.9 Å². The van der Waals surface area contributed by atoms with E-state index in [2.05, 4.69) is 5.10 Å². The highest BCUT2D eigenvalue weighted by Crippen LogP contribution is 2.24. The normalized spacial score (nSPS) is 10.5. The summed E-state index contributed by atoms with van der Waals surface area (Å²) in [5, 5.41) is 22.2. The fourth-order valence-corrected chi connectivity index (χ4v) is 1.81. The number of carboxylic acids is 1. The number of aromatic nitrogens is 2. The van der Waals surface area contributed by atoms with E-state index in [0.717, 1.165) is 5.56 Å². The number of carboxylic acid groups (broad SMARTS) is 1. The number of rotatable bonds is 4. The quantitative estimate of drug-likeness (QED) is 0.869. The molecule has 19 heavy (non-hydrogen) atoms. The molecule has 0 bridgehead atoms. The van der Waals surface area contributed by atoms with E-state index in [-0.39, 0.29) is 17.9 Å². The van der Waals surface area contributed by atoms with Crippen LogP contribution in [0.2, 0.25) is 0 Å². The molecule has 0 aliphatic rings. The van der Waals surface area contributed by atoms with Gasteiger partial charge in [0, 0.05) is 11.8 Å². The molecule has 0 amide bonds. The molecule has 1 aromatic heterocycles. The van der Waals surface area contributed by atoms with Gasteiger partial charge in [-0.05, 0) is 24.6 Å². The number of hydrogen-bond donors (Lipinski definition) is 2. The van der Waals surface area contributed by atoms with Gasteiger partial charge in [-0.25, -0.2) is 9.48 Å². The van der Waals surface area contributed by atoms with Crippen LogP contribution in [0.15, 0.2) is 24.4 Å². The van der Waals surface area contributed by atoms with Crippen LogP contribution < -0.4 is 4.74 Å². The number of aromatic carboxylic acids is 1. The molecule has 0 aliphatic carbocycles. The lowest BCUT2D eigenvalue weighted by Gasteiger charge is -2.09. The molecule has 0 aliphatic heterocycles. The topological polar surface area (TPSA) is 84.6 Å². The summed E-state index contributed by atoms with van der Waals surface area (Å²) < 4.78 is 6.63. The maximum absolute atomic E-state index is 11.0. The summed E-state index contributed by atoms with van der Waals surface area (Å²) >= 11 is 0. The van der Waals surface area contributed by atoms with Gasteiger partial charge in [0.1, 0.15) is 11.4 Å². The summed E-state index contributed by atoms with van der Waals surface area (Å²) in [6, 6.07) is 5.50. The average Bonchev–Trinajstić information content (AvgIpc) is 2.82. The van der Waals surface area contributed by atoms with Gasteiger partial charge in [0.2, 0.25) is 0 Å². The summed E-state index contributed by atoms with van der Waals surface area (Å²) in [6.45, 7) is 1.53. The first kappa shape index (κ1) is 13.1. The summed E-state index contributed by atoms with van der Waals surface area (Å²) in [4.78, 5) is 11.0. The Morgan fingerprint density at radius 2 is 2.21 bits per heavy atom. The Balaban J connectivity index is 2.59. The van der Waals surface area contributed by atoms with Crippen molar-refractivity contribution in [1.82, 2.24) is 9.78 Å². The average molecular weight is 262 g/mol. The van der Waals surface area contributed by atoms with Gasteiger partial charge in [-0.1, -0.05) is 6.07 Å². The molecular weight excluding hydrogens is 248 g/mol. The minimum atomic E-state index is -1.17. The minimum Gasteiger partial charge on any atom is -0.494 e. The molecule has 6 heteroatoms. The van der Waals surface area contributed by atoms with Crippen molar-refractivity contribution in [3.05, 3.63) is 41.2 Å². The SMILES string of the molecule is COc1ccc(C)cc1-n1cc(CO)c(C(=O)O)n1. The zero-order valence-electron chi connectivity index (χ0n) is 10.6. The summed E-state index contributed by atoms with van der Waals surface area (Å²) in [5.41, 5.74) is 1.72. The Bertz CT molecular complexity index is 619. The molecule has 1 aromatic carbocycles. The van der Waals surface area contributed by atoms with Crippen molar-refractivity contribution in [2.45, 2.75) is 13.5 Å². The lowest BCUT2D eigenvalue weighted by molar-refractivity contribution is 0.0686. The molecule has 2 aromatic rings. The number of benzene rings is 1. The second-order valence-electron chi connectivity index (χ2n) is 4.09. The molecule has 0 unspecified atom stereocenters. The van der Waals surface area contributed by atoms with Crippen LogP contribution in [0.5, 0.6) is 5.75 Å². The van der Waals surface area contributed by atoms with Crippen LogP contribution in [0.3, 0.4) is 0 Å². The van der Waals surface area contributed by atoms with E-state index in [4.69, 9.17) is 14.9 Å². The second kappa shape index (κ2) is 5.11.